The molecular weight excluding hydrogens is 280 g/mol. The summed E-state index contributed by atoms with van der Waals surface area (Å²) < 4.78 is 0. The van der Waals surface area contributed by atoms with Gasteiger partial charge in [-0.05, 0) is 67.6 Å². The number of rotatable bonds is 3. The predicted molar refractivity (Wildman–Crippen MR) is 89.9 cm³/mol. The van der Waals surface area contributed by atoms with E-state index in [1.165, 1.54) is 43.6 Å². The maximum Gasteiger partial charge on any atom is 0.0409 e. The summed E-state index contributed by atoms with van der Waals surface area (Å²) in [6.45, 7) is 10.6. The zero-order chi connectivity index (χ0) is 15.0. The first-order valence-corrected chi connectivity index (χ1v) is 8.64. The van der Waals surface area contributed by atoms with Crippen molar-refractivity contribution in [3.05, 3.63) is 34.3 Å². The highest BCUT2D eigenvalue weighted by atomic mass is 35.5. The number of hydrogen-bond acceptors (Lipinski definition) is 2. The van der Waals surface area contributed by atoms with E-state index in [1.807, 2.05) is 6.07 Å². The molecule has 3 heteroatoms. The van der Waals surface area contributed by atoms with E-state index >= 15 is 0 Å². The van der Waals surface area contributed by atoms with Crippen LogP contribution in [0.1, 0.15) is 50.8 Å². The lowest BCUT2D eigenvalue weighted by molar-refractivity contribution is 0.172. The molecule has 1 N–H and O–H groups in total. The Labute approximate surface area is 133 Å². The lowest BCUT2D eigenvalue weighted by Crippen LogP contribution is -2.45. The molecule has 21 heavy (non-hydrogen) atoms. The van der Waals surface area contributed by atoms with Gasteiger partial charge < -0.3 is 10.2 Å². The van der Waals surface area contributed by atoms with Gasteiger partial charge in [-0.3, -0.25) is 0 Å². The third-order valence-electron chi connectivity index (χ3n) is 5.28. The van der Waals surface area contributed by atoms with Crippen LogP contribution in [0.25, 0.3) is 0 Å². The van der Waals surface area contributed by atoms with Crippen LogP contribution in [0.5, 0.6) is 0 Å². The normalized spacial score (nSPS) is 26.0. The quantitative estimate of drug-likeness (QED) is 0.907. The number of nitrogens with one attached hydrogen (secondary N) is 1. The van der Waals surface area contributed by atoms with E-state index in [2.05, 4.69) is 43.1 Å². The zero-order valence-electron chi connectivity index (χ0n) is 13.5. The van der Waals surface area contributed by atoms with Gasteiger partial charge in [0.1, 0.15) is 0 Å². The second-order valence-corrected chi connectivity index (χ2v) is 7.75. The van der Waals surface area contributed by atoms with E-state index in [-0.39, 0.29) is 5.41 Å². The summed E-state index contributed by atoms with van der Waals surface area (Å²) in [5.41, 5.74) is 3.16. The summed E-state index contributed by atoms with van der Waals surface area (Å²) in [4.78, 5) is 2.54. The third kappa shape index (κ3) is 3.13. The molecule has 1 heterocycles. The molecule has 0 spiro atoms. The molecule has 0 amide bonds. The third-order valence-corrected chi connectivity index (χ3v) is 5.52. The molecule has 1 aliphatic carbocycles. The molecule has 0 bridgehead atoms. The second kappa shape index (κ2) is 5.91. The maximum atomic E-state index is 6.23. The van der Waals surface area contributed by atoms with Crippen molar-refractivity contribution in [2.24, 2.45) is 5.41 Å². The van der Waals surface area contributed by atoms with Gasteiger partial charge in [-0.15, -0.1) is 0 Å². The lowest BCUT2D eigenvalue weighted by atomic mass is 9.84. The number of hydrogen-bond donors (Lipinski definition) is 1. The van der Waals surface area contributed by atoms with Gasteiger partial charge >= 0.3 is 0 Å². The Kier molecular flexibility index (Phi) is 4.31. The van der Waals surface area contributed by atoms with E-state index in [9.17, 15) is 0 Å². The maximum absolute atomic E-state index is 6.23. The Balaban J connectivity index is 1.74. The van der Waals surface area contributed by atoms with Gasteiger partial charge in [-0.25, -0.2) is 0 Å². The average Bonchev–Trinajstić information content (AvgIpc) is 2.71. The molecule has 1 atom stereocenters. The molecule has 0 aromatic heterocycles. The van der Waals surface area contributed by atoms with Gasteiger partial charge in [-0.1, -0.05) is 38.4 Å². The smallest absolute Gasteiger partial charge is 0.0409 e. The van der Waals surface area contributed by atoms with Crippen LogP contribution >= 0.6 is 11.6 Å². The predicted octanol–water partition coefficient (Wildman–Crippen LogP) is 4.04. The fourth-order valence-corrected chi connectivity index (χ4v) is 4.16. The van der Waals surface area contributed by atoms with Crippen molar-refractivity contribution >= 4 is 11.6 Å². The minimum Gasteiger partial charge on any atom is -0.307 e. The van der Waals surface area contributed by atoms with E-state index < -0.39 is 0 Å². The number of likely N-dealkylation sites (tertiary alicyclic amines) is 1. The molecular formula is C18H27ClN2. The van der Waals surface area contributed by atoms with Crippen LogP contribution in [-0.4, -0.2) is 30.6 Å². The van der Waals surface area contributed by atoms with Crippen molar-refractivity contribution in [3.63, 3.8) is 0 Å². The molecule has 2 nitrogen and oxygen atoms in total. The first-order chi connectivity index (χ1) is 9.99. The lowest BCUT2D eigenvalue weighted by Gasteiger charge is -2.37. The van der Waals surface area contributed by atoms with Crippen molar-refractivity contribution in [1.82, 2.24) is 10.2 Å². The van der Waals surface area contributed by atoms with Gasteiger partial charge in [0.25, 0.3) is 0 Å². The number of benzene rings is 1. The highest BCUT2D eigenvalue weighted by Crippen LogP contribution is 2.46. The standard InChI is InChI=1S/C18H27ClN2/c1-4-21-9-7-15(8-10-21)20-17-16-11-14(19)6-5-13(16)12-18(17,2)3/h5-6,11,15,17,20H,4,7-10,12H2,1-3H3. The monoisotopic (exact) mass is 306 g/mol. The number of halogens is 1. The van der Waals surface area contributed by atoms with Crippen LogP contribution < -0.4 is 5.32 Å². The summed E-state index contributed by atoms with van der Waals surface area (Å²) >= 11 is 6.23. The zero-order valence-corrected chi connectivity index (χ0v) is 14.2. The summed E-state index contributed by atoms with van der Waals surface area (Å²) in [6.07, 6.45) is 3.66. The summed E-state index contributed by atoms with van der Waals surface area (Å²) in [5.74, 6) is 0. The van der Waals surface area contributed by atoms with Crippen molar-refractivity contribution in [2.45, 2.75) is 52.1 Å². The molecule has 1 saturated heterocycles. The van der Waals surface area contributed by atoms with Gasteiger partial charge in [-0.2, -0.15) is 0 Å². The molecule has 1 unspecified atom stereocenters. The average molecular weight is 307 g/mol. The molecule has 0 saturated carbocycles. The summed E-state index contributed by atoms with van der Waals surface area (Å²) in [5, 5.41) is 4.81. The van der Waals surface area contributed by atoms with Gasteiger partial charge in [0.15, 0.2) is 0 Å². The second-order valence-electron chi connectivity index (χ2n) is 7.32. The molecule has 2 aliphatic rings. The van der Waals surface area contributed by atoms with Crippen molar-refractivity contribution in [2.75, 3.05) is 19.6 Å². The van der Waals surface area contributed by atoms with Crippen LogP contribution in [0.4, 0.5) is 0 Å². The Morgan fingerprint density at radius 1 is 1.29 bits per heavy atom. The highest BCUT2D eigenvalue weighted by Gasteiger charge is 2.40. The number of nitrogens with zero attached hydrogens (tertiary/aromatic N) is 1. The Morgan fingerprint density at radius 2 is 2.00 bits per heavy atom. The van der Waals surface area contributed by atoms with E-state index in [1.54, 1.807) is 0 Å². The topological polar surface area (TPSA) is 15.3 Å². The molecule has 1 aromatic rings. The molecule has 0 radical (unpaired) electrons. The van der Waals surface area contributed by atoms with Crippen LogP contribution in [-0.2, 0) is 6.42 Å². The van der Waals surface area contributed by atoms with E-state index in [0.29, 0.717) is 12.1 Å². The first kappa shape index (κ1) is 15.3. The van der Waals surface area contributed by atoms with E-state index in [0.717, 1.165) is 11.4 Å². The fourth-order valence-electron chi connectivity index (χ4n) is 3.98. The Morgan fingerprint density at radius 3 is 2.67 bits per heavy atom. The largest absolute Gasteiger partial charge is 0.307 e. The molecule has 1 fully saturated rings. The van der Waals surface area contributed by atoms with Crippen molar-refractivity contribution in [1.29, 1.82) is 0 Å². The van der Waals surface area contributed by atoms with Gasteiger partial charge in [0.2, 0.25) is 0 Å². The molecule has 116 valence electrons. The first-order valence-electron chi connectivity index (χ1n) is 8.26. The van der Waals surface area contributed by atoms with Crippen LogP contribution in [0.3, 0.4) is 0 Å². The summed E-state index contributed by atoms with van der Waals surface area (Å²) in [6, 6.07) is 7.48. The fraction of sp³-hybridized carbons (Fsp3) is 0.667. The van der Waals surface area contributed by atoms with Crippen LogP contribution in [0.2, 0.25) is 5.02 Å². The minimum absolute atomic E-state index is 0.273. The van der Waals surface area contributed by atoms with E-state index in [4.69, 9.17) is 11.6 Å². The van der Waals surface area contributed by atoms with Crippen LogP contribution in [0.15, 0.2) is 18.2 Å². The van der Waals surface area contributed by atoms with Gasteiger partial charge in [0, 0.05) is 17.1 Å². The Bertz CT molecular complexity index is 504. The van der Waals surface area contributed by atoms with Gasteiger partial charge in [0.05, 0.1) is 0 Å². The molecule has 1 aliphatic heterocycles. The van der Waals surface area contributed by atoms with Crippen molar-refractivity contribution < 1.29 is 0 Å². The number of piperidine rings is 1. The summed E-state index contributed by atoms with van der Waals surface area (Å²) in [7, 11) is 0. The Hall–Kier alpha value is -0.570. The molecule has 3 rings (SSSR count). The minimum atomic E-state index is 0.273. The van der Waals surface area contributed by atoms with Crippen molar-refractivity contribution in [3.8, 4) is 0 Å². The van der Waals surface area contributed by atoms with Crippen LogP contribution in [0, 0.1) is 5.41 Å². The molecule has 1 aromatic carbocycles. The number of fused-ring (bicyclic) bond motifs is 1. The SMILES string of the molecule is CCN1CCC(NC2c3cc(Cl)ccc3CC2(C)C)CC1. The highest BCUT2D eigenvalue weighted by molar-refractivity contribution is 6.30.